The smallest absolute Gasteiger partial charge is 0.336 e. The normalized spacial score (nSPS) is 8.94. The lowest BCUT2D eigenvalue weighted by Crippen LogP contribution is -2.07. The van der Waals surface area contributed by atoms with E-state index in [-0.39, 0.29) is 16.7 Å². The molecule has 0 fully saturated rings. The van der Waals surface area contributed by atoms with Gasteiger partial charge in [0.2, 0.25) is 0 Å². The average Bonchev–Trinajstić information content (AvgIpc) is 2.25. The molecule has 0 aliphatic carbocycles. The van der Waals surface area contributed by atoms with Gasteiger partial charge in [0.05, 0.1) is 11.1 Å². The molecule has 6 heteroatoms. The van der Waals surface area contributed by atoms with E-state index in [1.807, 2.05) is 5.92 Å². The van der Waals surface area contributed by atoms with Gasteiger partial charge in [-0.05, 0) is 18.2 Å². The number of carboxylic acid groups (broad SMARTS) is 2. The average molecular weight is 233 g/mol. The van der Waals surface area contributed by atoms with Crippen LogP contribution >= 0.6 is 0 Å². The van der Waals surface area contributed by atoms with Gasteiger partial charge in [-0.15, -0.1) is 0 Å². The molecule has 0 heterocycles. The van der Waals surface area contributed by atoms with Crippen LogP contribution in [-0.4, -0.2) is 28.1 Å². The molecule has 4 N–H and O–H groups in total. The van der Waals surface area contributed by atoms with E-state index in [9.17, 15) is 14.4 Å². The first kappa shape index (κ1) is 12.3. The fourth-order valence-electron chi connectivity index (χ4n) is 1.10. The van der Waals surface area contributed by atoms with Gasteiger partial charge in [-0.2, -0.15) is 0 Å². The summed E-state index contributed by atoms with van der Waals surface area (Å²) in [6, 6.07) is 3.32. The van der Waals surface area contributed by atoms with Crippen LogP contribution < -0.4 is 5.73 Å². The lowest BCUT2D eigenvalue weighted by Gasteiger charge is -2.00. The highest BCUT2D eigenvalue weighted by Crippen LogP contribution is 2.11. The van der Waals surface area contributed by atoms with Gasteiger partial charge in [-0.25, -0.2) is 9.59 Å². The molecule has 17 heavy (non-hydrogen) atoms. The van der Waals surface area contributed by atoms with Crippen LogP contribution in [-0.2, 0) is 4.79 Å². The Morgan fingerprint density at radius 3 is 2.24 bits per heavy atom. The SMILES string of the molecule is NC(=O)C#Cc1cc(C(=O)O)ccc1C(=O)O. The van der Waals surface area contributed by atoms with Gasteiger partial charge in [-0.1, -0.05) is 5.92 Å². The molecule has 6 nitrogen and oxygen atoms in total. The number of amides is 1. The predicted molar refractivity (Wildman–Crippen MR) is 56.4 cm³/mol. The van der Waals surface area contributed by atoms with Crippen molar-refractivity contribution in [2.75, 3.05) is 0 Å². The minimum absolute atomic E-state index is 0.0730. The van der Waals surface area contributed by atoms with Gasteiger partial charge in [0, 0.05) is 11.5 Å². The van der Waals surface area contributed by atoms with Crippen LogP contribution in [0.15, 0.2) is 18.2 Å². The van der Waals surface area contributed by atoms with E-state index in [4.69, 9.17) is 15.9 Å². The Morgan fingerprint density at radius 2 is 1.76 bits per heavy atom. The molecular weight excluding hydrogens is 226 g/mol. The third-order valence-corrected chi connectivity index (χ3v) is 1.82. The number of hydrogen-bond acceptors (Lipinski definition) is 3. The Kier molecular flexibility index (Phi) is 3.47. The second-order valence-electron chi connectivity index (χ2n) is 2.98. The van der Waals surface area contributed by atoms with E-state index in [1.165, 1.54) is 0 Å². The summed E-state index contributed by atoms with van der Waals surface area (Å²) < 4.78 is 0. The van der Waals surface area contributed by atoms with E-state index in [0.29, 0.717) is 0 Å². The molecule has 0 aliphatic heterocycles. The zero-order valence-electron chi connectivity index (χ0n) is 8.43. The Hall–Kier alpha value is -2.81. The Bertz CT molecular complexity index is 565. The molecule has 0 bridgehead atoms. The molecule has 0 spiro atoms. The molecule has 0 radical (unpaired) electrons. The summed E-state index contributed by atoms with van der Waals surface area (Å²) in [5, 5.41) is 17.6. The summed E-state index contributed by atoms with van der Waals surface area (Å²) >= 11 is 0. The first-order valence-corrected chi connectivity index (χ1v) is 4.34. The number of benzene rings is 1. The molecule has 1 amide bonds. The van der Waals surface area contributed by atoms with Crippen molar-refractivity contribution in [1.29, 1.82) is 0 Å². The summed E-state index contributed by atoms with van der Waals surface area (Å²) in [4.78, 5) is 32.0. The van der Waals surface area contributed by atoms with Crippen molar-refractivity contribution in [3.8, 4) is 11.8 Å². The van der Waals surface area contributed by atoms with Crippen LogP contribution in [0.5, 0.6) is 0 Å². The maximum Gasteiger partial charge on any atom is 0.336 e. The van der Waals surface area contributed by atoms with Crippen LogP contribution in [0.2, 0.25) is 0 Å². The van der Waals surface area contributed by atoms with Gasteiger partial charge >= 0.3 is 11.9 Å². The number of carbonyl (C=O) groups excluding carboxylic acids is 1. The maximum atomic E-state index is 10.8. The molecule has 0 aromatic heterocycles. The summed E-state index contributed by atoms with van der Waals surface area (Å²) in [5.74, 6) is 0.761. The second kappa shape index (κ2) is 4.81. The minimum Gasteiger partial charge on any atom is -0.478 e. The minimum atomic E-state index is -1.27. The number of carboxylic acids is 2. The van der Waals surface area contributed by atoms with Crippen LogP contribution in [0, 0.1) is 11.8 Å². The molecule has 1 rings (SSSR count). The van der Waals surface area contributed by atoms with Gasteiger partial charge in [0.25, 0.3) is 5.91 Å². The fraction of sp³-hybridized carbons (Fsp3) is 0. The Balaban J connectivity index is 3.37. The second-order valence-corrected chi connectivity index (χ2v) is 2.98. The molecule has 0 saturated heterocycles. The van der Waals surface area contributed by atoms with Crippen molar-refractivity contribution in [2.45, 2.75) is 0 Å². The monoisotopic (exact) mass is 233 g/mol. The number of hydrogen-bond donors (Lipinski definition) is 3. The number of carbonyl (C=O) groups is 3. The molecule has 0 unspecified atom stereocenters. The van der Waals surface area contributed by atoms with Gasteiger partial charge < -0.3 is 15.9 Å². The van der Waals surface area contributed by atoms with Gasteiger partial charge in [0.15, 0.2) is 0 Å². The zero-order valence-corrected chi connectivity index (χ0v) is 8.43. The maximum absolute atomic E-state index is 10.8. The zero-order chi connectivity index (χ0) is 13.0. The van der Waals surface area contributed by atoms with Crippen LogP contribution in [0.3, 0.4) is 0 Å². The third-order valence-electron chi connectivity index (χ3n) is 1.82. The van der Waals surface area contributed by atoms with Crippen LogP contribution in [0.4, 0.5) is 0 Å². The standard InChI is InChI=1S/C11H7NO5/c12-9(13)4-2-6-5-7(10(14)15)1-3-8(6)11(16)17/h1,3,5H,(H2,12,13)(H,14,15)(H,16,17). The molecular formula is C11H7NO5. The van der Waals surface area contributed by atoms with Crippen molar-refractivity contribution >= 4 is 17.8 Å². The van der Waals surface area contributed by atoms with E-state index in [2.05, 4.69) is 5.92 Å². The van der Waals surface area contributed by atoms with Crippen LogP contribution in [0.1, 0.15) is 26.3 Å². The predicted octanol–water partition coefficient (Wildman–Crippen LogP) is -0.0802. The lowest BCUT2D eigenvalue weighted by molar-refractivity contribution is -0.112. The Morgan fingerprint density at radius 1 is 1.12 bits per heavy atom. The van der Waals surface area contributed by atoms with Gasteiger partial charge in [-0.3, -0.25) is 4.79 Å². The summed E-state index contributed by atoms with van der Waals surface area (Å²) in [6.45, 7) is 0. The number of nitrogens with two attached hydrogens (primary N) is 1. The molecule has 1 aromatic rings. The van der Waals surface area contributed by atoms with Crippen molar-refractivity contribution in [3.63, 3.8) is 0 Å². The highest BCUT2D eigenvalue weighted by atomic mass is 16.4. The Labute approximate surface area is 95.7 Å². The van der Waals surface area contributed by atoms with Crippen molar-refractivity contribution in [3.05, 3.63) is 34.9 Å². The largest absolute Gasteiger partial charge is 0.478 e. The molecule has 1 aromatic carbocycles. The lowest BCUT2D eigenvalue weighted by atomic mass is 10.0. The van der Waals surface area contributed by atoms with E-state index >= 15 is 0 Å². The number of aromatic carboxylic acids is 2. The summed E-state index contributed by atoms with van der Waals surface area (Å²) in [5.41, 5.74) is 4.40. The summed E-state index contributed by atoms with van der Waals surface area (Å²) in [7, 11) is 0. The number of rotatable bonds is 2. The van der Waals surface area contributed by atoms with Gasteiger partial charge in [0.1, 0.15) is 0 Å². The summed E-state index contributed by atoms with van der Waals surface area (Å²) in [6.07, 6.45) is 0. The molecule has 0 aliphatic rings. The van der Waals surface area contributed by atoms with Crippen LogP contribution in [0.25, 0.3) is 0 Å². The van der Waals surface area contributed by atoms with Crippen molar-refractivity contribution in [1.82, 2.24) is 0 Å². The first-order valence-electron chi connectivity index (χ1n) is 4.34. The third kappa shape index (κ3) is 3.07. The van der Waals surface area contributed by atoms with E-state index in [0.717, 1.165) is 18.2 Å². The quantitative estimate of drug-likeness (QED) is 0.617. The van der Waals surface area contributed by atoms with Crippen molar-refractivity contribution in [2.24, 2.45) is 5.73 Å². The fourth-order valence-corrected chi connectivity index (χ4v) is 1.10. The highest BCUT2D eigenvalue weighted by Gasteiger charge is 2.12. The number of primary amides is 1. The first-order chi connectivity index (χ1) is 7.91. The van der Waals surface area contributed by atoms with Crippen molar-refractivity contribution < 1.29 is 24.6 Å². The van der Waals surface area contributed by atoms with E-state index in [1.54, 1.807) is 0 Å². The highest BCUT2D eigenvalue weighted by molar-refractivity contribution is 5.96. The van der Waals surface area contributed by atoms with E-state index < -0.39 is 17.8 Å². The topological polar surface area (TPSA) is 118 Å². The molecule has 0 atom stereocenters. The molecule has 86 valence electrons. The molecule has 0 saturated carbocycles.